The number of hydrogen-bond acceptors (Lipinski definition) is 3. The van der Waals surface area contributed by atoms with E-state index >= 15 is 0 Å². The molecule has 1 aromatic rings. The second-order valence-corrected chi connectivity index (χ2v) is 4.41. The summed E-state index contributed by atoms with van der Waals surface area (Å²) in [5, 5.41) is 6.69. The number of halogens is 2. The molecule has 0 spiro atoms. The van der Waals surface area contributed by atoms with Gasteiger partial charge in [0.05, 0.1) is 0 Å². The second kappa shape index (κ2) is 6.47. The number of nitrogens with one attached hydrogen (secondary N) is 1. The van der Waals surface area contributed by atoms with Gasteiger partial charge in [-0.05, 0) is 18.2 Å². The lowest BCUT2D eigenvalue weighted by molar-refractivity contribution is 0.166. The number of oxime groups is 1. The molecular weight excluding hydrogens is 263 g/mol. The maximum absolute atomic E-state index is 11.3. The molecule has 1 amide bonds. The number of carbonyl (C=O) groups is 1. The summed E-state index contributed by atoms with van der Waals surface area (Å²) in [5.74, 6) is 0.00985. The fourth-order valence-electron chi connectivity index (χ4n) is 0.897. The zero-order valence-corrected chi connectivity index (χ0v) is 10.9. The smallest absolute Gasteiger partial charge is 0.297 e. The number of amides is 1. The van der Waals surface area contributed by atoms with E-state index in [0.29, 0.717) is 10.7 Å². The van der Waals surface area contributed by atoms with Gasteiger partial charge in [0.25, 0.3) is 0 Å². The summed E-state index contributed by atoms with van der Waals surface area (Å²) in [5.41, 5.74) is 0.526. The summed E-state index contributed by atoms with van der Waals surface area (Å²) >= 11 is 11.5. The first-order chi connectivity index (χ1) is 7.99. The van der Waals surface area contributed by atoms with Crippen LogP contribution < -0.4 is 5.32 Å². The molecule has 0 aliphatic heterocycles. The van der Waals surface area contributed by atoms with Crippen molar-refractivity contribution in [3.8, 4) is 0 Å². The van der Waals surface area contributed by atoms with Crippen LogP contribution in [0, 0.1) is 5.92 Å². The monoisotopic (exact) mass is 274 g/mol. The number of hydrogen-bond donors (Lipinski definition) is 1. The van der Waals surface area contributed by atoms with Crippen molar-refractivity contribution in [1.29, 1.82) is 0 Å². The minimum Gasteiger partial charge on any atom is -0.297 e. The van der Waals surface area contributed by atoms with Crippen LogP contribution in [0.4, 0.5) is 10.5 Å². The molecule has 6 heteroatoms. The molecule has 17 heavy (non-hydrogen) atoms. The first-order valence-electron chi connectivity index (χ1n) is 4.96. The van der Waals surface area contributed by atoms with Crippen molar-refractivity contribution in [3.05, 3.63) is 29.3 Å². The fraction of sp³-hybridized carbons (Fsp3) is 0.273. The molecule has 0 radical (unpaired) electrons. The van der Waals surface area contributed by atoms with Gasteiger partial charge in [-0.25, -0.2) is 4.79 Å². The second-order valence-electron chi connectivity index (χ2n) is 3.58. The fourth-order valence-corrected chi connectivity index (χ4v) is 1.12. The van der Waals surface area contributed by atoms with Gasteiger partial charge in [0, 0.05) is 16.6 Å². The van der Waals surface area contributed by atoms with E-state index < -0.39 is 6.09 Å². The topological polar surface area (TPSA) is 50.7 Å². The molecule has 0 heterocycles. The highest BCUT2D eigenvalue weighted by Gasteiger charge is 2.06. The Morgan fingerprint density at radius 2 is 2.18 bits per heavy atom. The van der Waals surface area contributed by atoms with E-state index in [1.54, 1.807) is 24.3 Å². The third-order valence-corrected chi connectivity index (χ3v) is 2.50. The van der Waals surface area contributed by atoms with Crippen LogP contribution >= 0.6 is 23.2 Å². The van der Waals surface area contributed by atoms with Crippen molar-refractivity contribution in [3.63, 3.8) is 0 Å². The number of benzene rings is 1. The molecule has 0 fully saturated rings. The molecule has 92 valence electrons. The summed E-state index contributed by atoms with van der Waals surface area (Å²) in [6, 6.07) is 6.69. The molecule has 0 saturated carbocycles. The van der Waals surface area contributed by atoms with E-state index in [2.05, 4.69) is 15.3 Å². The minimum atomic E-state index is -0.717. The number of nitrogens with zero attached hydrogens (tertiary/aromatic N) is 1. The lowest BCUT2D eigenvalue weighted by Crippen LogP contribution is -2.12. The zero-order valence-electron chi connectivity index (χ0n) is 9.41. The maximum Gasteiger partial charge on any atom is 0.437 e. The largest absolute Gasteiger partial charge is 0.437 e. The minimum absolute atomic E-state index is 0.00985. The average molecular weight is 275 g/mol. The molecule has 1 aromatic carbocycles. The third kappa shape index (κ3) is 5.06. The molecule has 1 N–H and O–H groups in total. The number of carbonyl (C=O) groups excluding carboxylic acids is 1. The first kappa shape index (κ1) is 13.8. The molecule has 4 nitrogen and oxygen atoms in total. The summed E-state index contributed by atoms with van der Waals surface area (Å²) in [4.78, 5) is 15.9. The van der Waals surface area contributed by atoms with Crippen LogP contribution in [0.15, 0.2) is 29.4 Å². The predicted octanol–water partition coefficient (Wildman–Crippen LogP) is 4.10. The lowest BCUT2D eigenvalue weighted by atomic mass is 10.2. The Bertz CT molecular complexity index is 433. The number of rotatable bonds is 3. The van der Waals surface area contributed by atoms with Gasteiger partial charge in [0.15, 0.2) is 0 Å². The summed E-state index contributed by atoms with van der Waals surface area (Å²) in [6.45, 7) is 3.67. The Labute approximate surface area is 110 Å². The highest BCUT2D eigenvalue weighted by Crippen LogP contribution is 2.15. The van der Waals surface area contributed by atoms with Crippen LogP contribution in [-0.4, -0.2) is 11.3 Å². The zero-order chi connectivity index (χ0) is 12.8. The molecule has 0 bridgehead atoms. The van der Waals surface area contributed by atoms with Crippen LogP contribution in [0.1, 0.15) is 13.8 Å². The van der Waals surface area contributed by atoms with Gasteiger partial charge in [-0.15, -0.1) is 0 Å². The van der Waals surface area contributed by atoms with Gasteiger partial charge in [0.1, 0.15) is 5.17 Å². The first-order valence-corrected chi connectivity index (χ1v) is 5.71. The Balaban J connectivity index is 2.53. The molecule has 0 aromatic heterocycles. The Morgan fingerprint density at radius 1 is 1.47 bits per heavy atom. The van der Waals surface area contributed by atoms with Crippen molar-refractivity contribution in [2.24, 2.45) is 11.1 Å². The lowest BCUT2D eigenvalue weighted by Gasteiger charge is -2.04. The van der Waals surface area contributed by atoms with Gasteiger partial charge < -0.3 is 0 Å². The van der Waals surface area contributed by atoms with Gasteiger partial charge in [-0.3, -0.25) is 10.2 Å². The molecule has 1 rings (SSSR count). The van der Waals surface area contributed by atoms with Crippen molar-refractivity contribution >= 4 is 40.2 Å². The average Bonchev–Trinajstić information content (AvgIpc) is 2.25. The van der Waals surface area contributed by atoms with Gasteiger partial charge in [0.2, 0.25) is 0 Å². The van der Waals surface area contributed by atoms with Crippen LogP contribution in [0.5, 0.6) is 0 Å². The molecule has 0 atom stereocenters. The van der Waals surface area contributed by atoms with Gasteiger partial charge in [-0.2, -0.15) is 0 Å². The quantitative estimate of drug-likeness (QED) is 0.513. The summed E-state index contributed by atoms with van der Waals surface area (Å²) in [7, 11) is 0. The SMILES string of the molecule is CC(C)/C(Cl)=N/OC(=O)Nc1cccc(Cl)c1. The standard InChI is InChI=1S/C11H12Cl2N2O2/c1-7(2)10(13)15-17-11(16)14-9-5-3-4-8(12)6-9/h3-7H,1-2H3,(H,14,16)/b15-10-. The molecule has 0 saturated heterocycles. The summed E-state index contributed by atoms with van der Waals surface area (Å²) < 4.78 is 0. The van der Waals surface area contributed by atoms with E-state index in [9.17, 15) is 4.79 Å². The van der Waals surface area contributed by atoms with E-state index in [0.717, 1.165) is 0 Å². The van der Waals surface area contributed by atoms with E-state index in [-0.39, 0.29) is 11.1 Å². The molecule has 0 aliphatic carbocycles. The third-order valence-electron chi connectivity index (χ3n) is 1.76. The molecule has 0 unspecified atom stereocenters. The Kier molecular flexibility index (Phi) is 5.25. The normalized spacial score (nSPS) is 11.5. The van der Waals surface area contributed by atoms with Crippen LogP contribution in [0.3, 0.4) is 0 Å². The Hall–Kier alpha value is -1.26. The highest BCUT2D eigenvalue weighted by atomic mass is 35.5. The van der Waals surface area contributed by atoms with Crippen molar-refractivity contribution in [1.82, 2.24) is 0 Å². The van der Waals surface area contributed by atoms with Crippen LogP contribution in [0.2, 0.25) is 5.02 Å². The van der Waals surface area contributed by atoms with Crippen molar-refractivity contribution in [2.75, 3.05) is 5.32 Å². The highest BCUT2D eigenvalue weighted by molar-refractivity contribution is 6.65. The van der Waals surface area contributed by atoms with Gasteiger partial charge >= 0.3 is 6.09 Å². The van der Waals surface area contributed by atoms with Crippen LogP contribution in [-0.2, 0) is 4.84 Å². The Morgan fingerprint density at radius 3 is 2.76 bits per heavy atom. The van der Waals surface area contributed by atoms with Crippen molar-refractivity contribution < 1.29 is 9.63 Å². The molecule has 0 aliphatic rings. The van der Waals surface area contributed by atoms with Crippen LogP contribution in [0.25, 0.3) is 0 Å². The van der Waals surface area contributed by atoms with E-state index in [1.807, 2.05) is 13.8 Å². The van der Waals surface area contributed by atoms with Crippen molar-refractivity contribution in [2.45, 2.75) is 13.8 Å². The predicted molar refractivity (Wildman–Crippen MR) is 69.7 cm³/mol. The summed E-state index contributed by atoms with van der Waals surface area (Å²) in [6.07, 6.45) is -0.717. The van der Waals surface area contributed by atoms with Gasteiger partial charge in [-0.1, -0.05) is 48.3 Å². The van der Waals surface area contributed by atoms with E-state index in [4.69, 9.17) is 23.2 Å². The number of anilines is 1. The van der Waals surface area contributed by atoms with E-state index in [1.165, 1.54) is 0 Å². The molecular formula is C11H12Cl2N2O2. The maximum atomic E-state index is 11.3.